The number of alkyl halides is 8. The van der Waals surface area contributed by atoms with Gasteiger partial charge in [0, 0.05) is 0 Å². The smallest absolute Gasteiger partial charge is 0.371 e. The lowest BCUT2D eigenvalue weighted by Gasteiger charge is -2.31. The first-order valence-corrected chi connectivity index (χ1v) is 4.19. The zero-order chi connectivity index (χ0) is 13.5. The minimum atomic E-state index is -6.32. The molecule has 0 aromatic rings. The van der Waals surface area contributed by atoms with E-state index in [9.17, 15) is 35.1 Å². The van der Waals surface area contributed by atoms with Crippen molar-refractivity contribution in [3.63, 3.8) is 0 Å². The predicted octanol–water partition coefficient (Wildman–Crippen LogP) is 2.53. The fourth-order valence-electron chi connectivity index (χ4n) is 0.784. The zero-order valence-corrected chi connectivity index (χ0v) is 7.91. The van der Waals surface area contributed by atoms with Gasteiger partial charge in [0.2, 0.25) is 0 Å². The Morgan fingerprint density at radius 1 is 1.12 bits per heavy atom. The maximum Gasteiger partial charge on any atom is 0.426 e. The third-order valence-corrected chi connectivity index (χ3v) is 1.91. The Kier molecular flexibility index (Phi) is 3.59. The van der Waals surface area contributed by atoms with Crippen LogP contribution in [0.25, 0.3) is 0 Å². The fraction of sp³-hybridized carbons (Fsp3) is 1.00. The Hall–Kier alpha value is -0.640. The van der Waals surface area contributed by atoms with E-state index in [-0.39, 0.29) is 6.61 Å². The maximum absolute atomic E-state index is 12.6. The van der Waals surface area contributed by atoms with Gasteiger partial charge in [-0.15, -0.1) is 0 Å². The van der Waals surface area contributed by atoms with Crippen molar-refractivity contribution in [1.29, 1.82) is 0 Å². The Balaban J connectivity index is 2.77. The van der Waals surface area contributed by atoms with E-state index < -0.39 is 37.1 Å². The molecule has 1 atom stereocenters. The average Bonchev–Trinajstić information content (AvgIpc) is 2.97. The Morgan fingerprint density at radius 2 is 1.59 bits per heavy atom. The van der Waals surface area contributed by atoms with Crippen LogP contribution in [-0.2, 0) is 9.47 Å². The number of hydrogen-bond acceptors (Lipinski definition) is 2. The summed E-state index contributed by atoms with van der Waals surface area (Å²) in [6, 6.07) is 0. The minimum absolute atomic E-state index is 0.0487. The number of ether oxygens (including phenoxy) is 2. The topological polar surface area (TPSA) is 21.8 Å². The number of rotatable bonds is 6. The summed E-state index contributed by atoms with van der Waals surface area (Å²) in [6.45, 7) is -1.13. The first-order chi connectivity index (χ1) is 7.52. The standard InChI is InChI=1S/C7H6F8O2/c8-4(9)5(10,11)6(12,13)7(14,15)17-2-3-1-16-3/h3-4H,1-2H2. The molecule has 1 heterocycles. The Morgan fingerprint density at radius 3 is 1.94 bits per heavy atom. The molecule has 0 radical (unpaired) electrons. The Bertz CT molecular complexity index is 275. The van der Waals surface area contributed by atoms with Crippen LogP contribution in [0.1, 0.15) is 0 Å². The molecule has 0 amide bonds. The second-order valence-corrected chi connectivity index (χ2v) is 3.28. The summed E-state index contributed by atoms with van der Waals surface area (Å²) in [5.41, 5.74) is 0. The quantitative estimate of drug-likeness (QED) is 0.548. The normalized spacial score (nSPS) is 22.1. The first-order valence-electron chi connectivity index (χ1n) is 4.19. The van der Waals surface area contributed by atoms with Gasteiger partial charge in [0.15, 0.2) is 0 Å². The van der Waals surface area contributed by atoms with Crippen molar-refractivity contribution in [2.45, 2.75) is 30.5 Å². The third-order valence-electron chi connectivity index (χ3n) is 1.91. The summed E-state index contributed by atoms with van der Waals surface area (Å²) in [5.74, 6) is -12.5. The van der Waals surface area contributed by atoms with Gasteiger partial charge in [0.25, 0.3) is 0 Å². The third kappa shape index (κ3) is 2.62. The van der Waals surface area contributed by atoms with Gasteiger partial charge in [-0.25, -0.2) is 8.78 Å². The lowest BCUT2D eigenvalue weighted by atomic mass is 10.1. The lowest BCUT2D eigenvalue weighted by molar-refractivity contribution is -0.412. The van der Waals surface area contributed by atoms with Crippen molar-refractivity contribution < 1.29 is 44.6 Å². The van der Waals surface area contributed by atoms with Gasteiger partial charge in [-0.3, -0.25) is 0 Å². The van der Waals surface area contributed by atoms with Crippen LogP contribution in [0.2, 0.25) is 0 Å². The summed E-state index contributed by atoms with van der Waals surface area (Å²) in [5, 5.41) is 0. The first kappa shape index (κ1) is 14.4. The highest BCUT2D eigenvalue weighted by Gasteiger charge is 2.76. The number of hydrogen-bond donors (Lipinski definition) is 0. The molecule has 1 saturated heterocycles. The van der Waals surface area contributed by atoms with Crippen LogP contribution >= 0.6 is 0 Å². The SMILES string of the molecule is FC(F)C(F)(F)C(F)(F)C(F)(F)OCC1CO1. The van der Waals surface area contributed by atoms with Gasteiger partial charge >= 0.3 is 24.4 Å². The molecule has 0 saturated carbocycles. The predicted molar refractivity (Wildman–Crippen MR) is 36.5 cm³/mol. The summed E-state index contributed by atoms with van der Waals surface area (Å²) < 4.78 is 106. The molecule has 17 heavy (non-hydrogen) atoms. The molecule has 10 heteroatoms. The minimum Gasteiger partial charge on any atom is -0.371 e. The molecule has 2 nitrogen and oxygen atoms in total. The van der Waals surface area contributed by atoms with Gasteiger partial charge in [0.05, 0.1) is 13.2 Å². The molecule has 0 aromatic carbocycles. The van der Waals surface area contributed by atoms with Crippen LogP contribution in [0.5, 0.6) is 0 Å². The number of halogens is 8. The van der Waals surface area contributed by atoms with Crippen LogP contribution < -0.4 is 0 Å². The molecule has 1 aliphatic heterocycles. The largest absolute Gasteiger partial charge is 0.426 e. The van der Waals surface area contributed by atoms with Crippen molar-refractivity contribution in [3.8, 4) is 0 Å². The van der Waals surface area contributed by atoms with Gasteiger partial charge in [-0.1, -0.05) is 0 Å². The highest BCUT2D eigenvalue weighted by molar-refractivity contribution is 4.93. The van der Waals surface area contributed by atoms with Gasteiger partial charge in [0.1, 0.15) is 6.10 Å². The highest BCUT2D eigenvalue weighted by atomic mass is 19.4. The van der Waals surface area contributed by atoms with E-state index in [2.05, 4.69) is 9.47 Å². The van der Waals surface area contributed by atoms with Crippen LogP contribution in [-0.4, -0.2) is 43.7 Å². The Labute approximate surface area is 89.5 Å². The fourth-order valence-corrected chi connectivity index (χ4v) is 0.784. The van der Waals surface area contributed by atoms with Crippen LogP contribution in [0.4, 0.5) is 35.1 Å². The van der Waals surface area contributed by atoms with Crippen LogP contribution in [0, 0.1) is 0 Å². The molecule has 1 rings (SSSR count). The van der Waals surface area contributed by atoms with Gasteiger partial charge in [-0.2, -0.15) is 26.3 Å². The van der Waals surface area contributed by atoms with E-state index in [0.717, 1.165) is 0 Å². The van der Waals surface area contributed by atoms with Crippen molar-refractivity contribution in [2.75, 3.05) is 13.2 Å². The zero-order valence-electron chi connectivity index (χ0n) is 7.91. The van der Waals surface area contributed by atoms with Gasteiger partial charge in [-0.05, 0) is 0 Å². The second kappa shape index (κ2) is 4.23. The monoisotopic (exact) mass is 274 g/mol. The molecule has 1 aliphatic rings. The van der Waals surface area contributed by atoms with Crippen molar-refractivity contribution in [3.05, 3.63) is 0 Å². The molecule has 102 valence electrons. The van der Waals surface area contributed by atoms with Crippen LogP contribution in [0.3, 0.4) is 0 Å². The summed E-state index contributed by atoms with van der Waals surface area (Å²) in [6.07, 6.45) is -11.6. The molecule has 1 fully saturated rings. The molecular weight excluding hydrogens is 268 g/mol. The highest BCUT2D eigenvalue weighted by Crippen LogP contribution is 2.49. The summed E-state index contributed by atoms with van der Waals surface area (Å²) in [7, 11) is 0. The summed E-state index contributed by atoms with van der Waals surface area (Å²) >= 11 is 0. The van der Waals surface area contributed by atoms with E-state index >= 15 is 0 Å². The van der Waals surface area contributed by atoms with Crippen molar-refractivity contribution >= 4 is 0 Å². The molecule has 0 spiro atoms. The van der Waals surface area contributed by atoms with Crippen LogP contribution in [0.15, 0.2) is 0 Å². The molecule has 0 bridgehead atoms. The number of epoxide rings is 1. The van der Waals surface area contributed by atoms with E-state index in [1.165, 1.54) is 0 Å². The molecule has 0 aromatic heterocycles. The molecular formula is C7H6F8O2. The average molecular weight is 274 g/mol. The summed E-state index contributed by atoms with van der Waals surface area (Å²) in [4.78, 5) is 0. The van der Waals surface area contributed by atoms with E-state index in [0.29, 0.717) is 0 Å². The molecule has 0 N–H and O–H groups in total. The van der Waals surface area contributed by atoms with Crippen molar-refractivity contribution in [2.24, 2.45) is 0 Å². The maximum atomic E-state index is 12.6. The van der Waals surface area contributed by atoms with E-state index in [1.54, 1.807) is 0 Å². The lowest BCUT2D eigenvalue weighted by Crippen LogP contribution is -2.58. The van der Waals surface area contributed by atoms with E-state index in [1.807, 2.05) is 0 Å². The second-order valence-electron chi connectivity index (χ2n) is 3.28. The molecule has 1 unspecified atom stereocenters. The van der Waals surface area contributed by atoms with Crippen molar-refractivity contribution in [1.82, 2.24) is 0 Å². The van der Waals surface area contributed by atoms with E-state index in [4.69, 9.17) is 0 Å². The van der Waals surface area contributed by atoms with Gasteiger partial charge < -0.3 is 9.47 Å². The molecule has 0 aliphatic carbocycles.